The fraction of sp³-hybridized carbons (Fsp3) is 0.949. The Balaban J connectivity index is 3.37. The van der Waals surface area contributed by atoms with Crippen LogP contribution >= 0.6 is 0 Å². The van der Waals surface area contributed by atoms with Gasteiger partial charge in [0.05, 0.1) is 0 Å². The van der Waals surface area contributed by atoms with Crippen LogP contribution in [0.3, 0.4) is 0 Å². The molecular weight excluding hydrogens is 548 g/mol. The van der Waals surface area contributed by atoms with Crippen LogP contribution in [-0.2, 0) is 19.1 Å². The molecule has 0 rings (SSSR count). The molecule has 0 saturated heterocycles. The minimum Gasteiger partial charge on any atom is -0.463 e. The topological polar surface area (TPSA) is 72.8 Å². The first-order valence-electron chi connectivity index (χ1n) is 19.6. The summed E-state index contributed by atoms with van der Waals surface area (Å²) in [5.41, 5.74) is 0. The Labute approximate surface area is 274 Å². The summed E-state index contributed by atoms with van der Waals surface area (Å²) in [5, 5.41) is 10.00. The number of ether oxygens (including phenoxy) is 2. The van der Waals surface area contributed by atoms with Gasteiger partial charge in [0, 0.05) is 12.8 Å². The van der Waals surface area contributed by atoms with E-state index in [1.54, 1.807) is 0 Å². The molecule has 0 radical (unpaired) electrons. The van der Waals surface area contributed by atoms with Gasteiger partial charge in [0.1, 0.15) is 19.3 Å². The second-order valence-corrected chi connectivity index (χ2v) is 13.4. The standard InChI is InChI=1S/C39H76O5/c1-3-5-7-9-11-13-15-17-18-19-20-22-24-26-28-30-32-34-39(42)44-36-37(40)35-43-38(41)33-31-29-27-25-23-21-16-14-12-10-8-6-4-2/h37,40H,3-36H2,1-2H3/t37-/m1/s1. The highest BCUT2D eigenvalue weighted by Crippen LogP contribution is 2.15. The molecular formula is C39H76O5. The fourth-order valence-corrected chi connectivity index (χ4v) is 5.85. The zero-order chi connectivity index (χ0) is 32.2. The lowest BCUT2D eigenvalue weighted by molar-refractivity contribution is -0.152. The molecule has 44 heavy (non-hydrogen) atoms. The minimum atomic E-state index is -0.954. The van der Waals surface area contributed by atoms with Crippen LogP contribution in [0.2, 0.25) is 0 Å². The maximum absolute atomic E-state index is 12.0. The average Bonchev–Trinajstić information content (AvgIpc) is 3.02. The number of aliphatic hydroxyl groups excluding tert-OH is 1. The maximum atomic E-state index is 12.0. The van der Waals surface area contributed by atoms with Crippen LogP contribution in [0.4, 0.5) is 0 Å². The van der Waals surface area contributed by atoms with Crippen molar-refractivity contribution in [1.82, 2.24) is 0 Å². The van der Waals surface area contributed by atoms with Gasteiger partial charge in [0.2, 0.25) is 0 Å². The Hall–Kier alpha value is -1.10. The number of hydrogen-bond acceptors (Lipinski definition) is 5. The van der Waals surface area contributed by atoms with Gasteiger partial charge in [-0.15, -0.1) is 0 Å². The lowest BCUT2D eigenvalue weighted by atomic mass is 10.0. The van der Waals surface area contributed by atoms with Gasteiger partial charge in [-0.1, -0.05) is 194 Å². The summed E-state index contributed by atoms with van der Waals surface area (Å²) < 4.78 is 10.3. The molecule has 5 nitrogen and oxygen atoms in total. The Bertz CT molecular complexity index is 593. The summed E-state index contributed by atoms with van der Waals surface area (Å²) in [6, 6.07) is 0. The number of unbranched alkanes of at least 4 members (excludes halogenated alkanes) is 28. The van der Waals surface area contributed by atoms with Gasteiger partial charge in [-0.2, -0.15) is 0 Å². The maximum Gasteiger partial charge on any atom is 0.305 e. The summed E-state index contributed by atoms with van der Waals surface area (Å²) in [6.45, 7) is 4.32. The highest BCUT2D eigenvalue weighted by atomic mass is 16.6. The normalized spacial score (nSPS) is 12.0. The van der Waals surface area contributed by atoms with Crippen molar-refractivity contribution >= 4 is 11.9 Å². The van der Waals surface area contributed by atoms with E-state index in [0.717, 1.165) is 25.7 Å². The zero-order valence-corrected chi connectivity index (χ0v) is 29.7. The van der Waals surface area contributed by atoms with Crippen molar-refractivity contribution in [3.63, 3.8) is 0 Å². The van der Waals surface area contributed by atoms with Gasteiger partial charge in [-0.25, -0.2) is 0 Å². The Morgan fingerprint density at radius 1 is 0.386 bits per heavy atom. The van der Waals surface area contributed by atoms with E-state index in [9.17, 15) is 14.7 Å². The first kappa shape index (κ1) is 42.9. The molecule has 0 spiro atoms. The largest absolute Gasteiger partial charge is 0.463 e. The number of esters is 2. The van der Waals surface area contributed by atoms with Crippen LogP contribution in [0.15, 0.2) is 0 Å². The van der Waals surface area contributed by atoms with Crippen LogP contribution < -0.4 is 0 Å². The van der Waals surface area contributed by atoms with E-state index in [0.29, 0.717) is 12.8 Å². The van der Waals surface area contributed by atoms with Gasteiger partial charge in [-0.05, 0) is 12.8 Å². The monoisotopic (exact) mass is 625 g/mol. The van der Waals surface area contributed by atoms with E-state index in [1.807, 2.05) is 0 Å². The molecule has 0 bridgehead atoms. The molecule has 0 amide bonds. The number of carbonyl (C=O) groups excluding carboxylic acids is 2. The second kappa shape index (κ2) is 36.4. The molecule has 0 aromatic carbocycles. The predicted octanol–water partition coefficient (Wildman–Crippen LogP) is 12.0. The van der Waals surface area contributed by atoms with Crippen molar-refractivity contribution < 1.29 is 24.2 Å². The van der Waals surface area contributed by atoms with Crippen molar-refractivity contribution in [2.75, 3.05) is 13.2 Å². The Kier molecular flexibility index (Phi) is 35.5. The first-order chi connectivity index (χ1) is 21.6. The number of hydrogen-bond donors (Lipinski definition) is 1. The minimum absolute atomic E-state index is 0.107. The third kappa shape index (κ3) is 35.4. The lowest BCUT2D eigenvalue weighted by Crippen LogP contribution is -2.25. The number of carbonyl (C=O) groups is 2. The summed E-state index contributed by atoms with van der Waals surface area (Å²) in [6.07, 6.45) is 38.7. The van der Waals surface area contributed by atoms with Crippen LogP contribution in [0.5, 0.6) is 0 Å². The fourth-order valence-electron chi connectivity index (χ4n) is 5.85. The highest BCUT2D eigenvalue weighted by Gasteiger charge is 2.12. The van der Waals surface area contributed by atoms with Crippen molar-refractivity contribution in [2.24, 2.45) is 0 Å². The molecule has 0 unspecified atom stereocenters. The predicted molar refractivity (Wildman–Crippen MR) is 187 cm³/mol. The van der Waals surface area contributed by atoms with Crippen molar-refractivity contribution in [3.05, 3.63) is 0 Å². The summed E-state index contributed by atoms with van der Waals surface area (Å²) in [5.74, 6) is -0.551. The van der Waals surface area contributed by atoms with E-state index in [-0.39, 0.29) is 25.2 Å². The van der Waals surface area contributed by atoms with Gasteiger partial charge >= 0.3 is 11.9 Å². The van der Waals surface area contributed by atoms with E-state index in [2.05, 4.69) is 13.8 Å². The smallest absolute Gasteiger partial charge is 0.305 e. The molecule has 5 heteroatoms. The first-order valence-corrected chi connectivity index (χ1v) is 19.6. The highest BCUT2D eigenvalue weighted by molar-refractivity contribution is 5.69. The molecule has 0 aromatic rings. The Morgan fingerprint density at radius 2 is 0.591 bits per heavy atom. The molecule has 0 heterocycles. The van der Waals surface area contributed by atoms with E-state index in [4.69, 9.17) is 9.47 Å². The van der Waals surface area contributed by atoms with Crippen LogP contribution in [0, 0.1) is 0 Å². The van der Waals surface area contributed by atoms with E-state index < -0.39 is 6.10 Å². The van der Waals surface area contributed by atoms with Crippen molar-refractivity contribution in [2.45, 2.75) is 225 Å². The van der Waals surface area contributed by atoms with Gasteiger partial charge in [0.15, 0.2) is 0 Å². The molecule has 0 saturated carbocycles. The van der Waals surface area contributed by atoms with Gasteiger partial charge in [0.25, 0.3) is 0 Å². The molecule has 262 valence electrons. The van der Waals surface area contributed by atoms with E-state index in [1.165, 1.54) is 167 Å². The van der Waals surface area contributed by atoms with Crippen molar-refractivity contribution in [3.8, 4) is 0 Å². The third-order valence-corrected chi connectivity index (χ3v) is 8.84. The SMILES string of the molecule is CCCCCCCCCCCCCCCCCCCC(=O)OC[C@H](O)COC(=O)CCCCCCCCCCCCCCC. The lowest BCUT2D eigenvalue weighted by Gasteiger charge is -2.12. The molecule has 1 atom stereocenters. The van der Waals surface area contributed by atoms with Crippen LogP contribution in [-0.4, -0.2) is 36.4 Å². The molecule has 0 aromatic heterocycles. The average molecular weight is 625 g/mol. The molecule has 0 aliphatic rings. The molecule has 1 N–H and O–H groups in total. The van der Waals surface area contributed by atoms with E-state index >= 15 is 0 Å². The number of aliphatic hydroxyl groups is 1. The zero-order valence-electron chi connectivity index (χ0n) is 29.7. The van der Waals surface area contributed by atoms with Crippen molar-refractivity contribution in [1.29, 1.82) is 0 Å². The molecule has 0 aliphatic heterocycles. The van der Waals surface area contributed by atoms with Crippen LogP contribution in [0.1, 0.15) is 219 Å². The summed E-state index contributed by atoms with van der Waals surface area (Å²) >= 11 is 0. The molecule has 0 aliphatic carbocycles. The summed E-state index contributed by atoms with van der Waals surface area (Å²) in [7, 11) is 0. The van der Waals surface area contributed by atoms with Gasteiger partial charge in [-0.3, -0.25) is 9.59 Å². The van der Waals surface area contributed by atoms with Crippen LogP contribution in [0.25, 0.3) is 0 Å². The number of rotatable bonds is 36. The Morgan fingerprint density at radius 3 is 0.818 bits per heavy atom. The summed E-state index contributed by atoms with van der Waals surface area (Å²) in [4.78, 5) is 23.9. The van der Waals surface area contributed by atoms with Gasteiger partial charge < -0.3 is 14.6 Å². The third-order valence-electron chi connectivity index (χ3n) is 8.84. The molecule has 0 fully saturated rings. The second-order valence-electron chi connectivity index (χ2n) is 13.4. The quantitative estimate of drug-likeness (QED) is 0.0554.